The van der Waals surface area contributed by atoms with E-state index in [0.717, 1.165) is 11.1 Å². The molecule has 3 aromatic carbocycles. The molecule has 1 saturated carbocycles. The van der Waals surface area contributed by atoms with E-state index in [1.807, 2.05) is 36.4 Å². The van der Waals surface area contributed by atoms with Crippen LogP contribution in [0.3, 0.4) is 0 Å². The van der Waals surface area contributed by atoms with Crippen LogP contribution in [0.15, 0.2) is 78.9 Å². The largest absolute Gasteiger partial charge is 0.462 e. The first-order valence-corrected chi connectivity index (χ1v) is 19.8. The number of ether oxygens (including phenoxy) is 5. The highest BCUT2D eigenvalue weighted by Crippen LogP contribution is 2.58. The standard InChI is InChI=1S/C44H45N3O12/c1-42(2)24-54-40(52)37(42)56-32(49)14-13-25-7-5-9-27(17-25)23-47-35-39(51)55-31-21-44(35,41(53)46-22-26-8-6-12-28(18-26)38(50)45-15-16-48)36(59-47)34-33(31)57-43(58-34)19-29-10-3-4-11-30(29)20-43/h3-14,17-18,31,33-37,48H,15-16,19-24H2,1-2H3,(H,45,50)(H,46,53)/t31-,33+,34+,35+,36-,37+,44+/m1/s1. The summed E-state index contributed by atoms with van der Waals surface area (Å²) >= 11 is 0. The molecule has 9 rings (SSSR count). The van der Waals surface area contributed by atoms with Gasteiger partial charge >= 0.3 is 17.9 Å². The topological polar surface area (TPSA) is 188 Å². The van der Waals surface area contributed by atoms with Crippen LogP contribution < -0.4 is 10.6 Å². The molecular formula is C44H45N3O12. The fourth-order valence-corrected chi connectivity index (χ4v) is 9.43. The van der Waals surface area contributed by atoms with Crippen LogP contribution in [0, 0.1) is 10.8 Å². The van der Waals surface area contributed by atoms with Crippen LogP contribution in [0.1, 0.15) is 58.4 Å². The van der Waals surface area contributed by atoms with Crippen molar-refractivity contribution in [3.8, 4) is 0 Å². The normalized spacial score (nSPS) is 29.5. The maximum absolute atomic E-state index is 14.8. The van der Waals surface area contributed by atoms with Gasteiger partial charge in [0, 0.05) is 49.4 Å². The Balaban J connectivity index is 0.982. The Morgan fingerprint density at radius 2 is 1.66 bits per heavy atom. The monoisotopic (exact) mass is 807 g/mol. The van der Waals surface area contributed by atoms with Gasteiger partial charge in [-0.2, -0.15) is 5.06 Å². The SMILES string of the molecule is CC1(C)COC(=O)[C@@H]1OC(=O)C=Cc1cccc(CN2O[C@@H]3[C@H]4OC5(Cc6ccccc6C5)O[C@H]4[C@H]4C[C@]3(C(=O)NCc3cccc(C(=O)NCCO)c3)[C@@H]2C(=O)O4)c1. The molecule has 2 aliphatic carbocycles. The molecule has 5 fully saturated rings. The second-order valence-corrected chi connectivity index (χ2v) is 16.8. The van der Waals surface area contributed by atoms with Gasteiger partial charge in [0.1, 0.15) is 36.4 Å². The zero-order valence-corrected chi connectivity index (χ0v) is 32.6. The molecule has 15 nitrogen and oxygen atoms in total. The lowest BCUT2D eigenvalue weighted by Gasteiger charge is -2.48. The minimum atomic E-state index is -1.44. The van der Waals surface area contributed by atoms with E-state index in [1.165, 1.54) is 11.1 Å². The maximum atomic E-state index is 14.8. The number of carbonyl (C=O) groups is 5. The van der Waals surface area contributed by atoms with Gasteiger partial charge in [-0.05, 0) is 46.0 Å². The lowest BCUT2D eigenvalue weighted by Crippen LogP contribution is -2.69. The highest BCUT2D eigenvalue weighted by Gasteiger charge is 2.76. The minimum absolute atomic E-state index is 0.0573. The first kappa shape index (κ1) is 39.0. The summed E-state index contributed by atoms with van der Waals surface area (Å²) in [7, 11) is 0. The zero-order valence-electron chi connectivity index (χ0n) is 32.6. The molecule has 0 radical (unpaired) electrons. The molecule has 7 atom stereocenters. The van der Waals surface area contributed by atoms with Gasteiger partial charge in [0.25, 0.3) is 5.91 Å². The number of amides is 2. The van der Waals surface area contributed by atoms with Gasteiger partial charge in [-0.15, -0.1) is 0 Å². The van der Waals surface area contributed by atoms with E-state index >= 15 is 0 Å². The summed E-state index contributed by atoms with van der Waals surface area (Å²) in [6, 6.07) is 20.9. The fraction of sp³-hybridized carbons (Fsp3) is 0.432. The van der Waals surface area contributed by atoms with Crippen molar-refractivity contribution in [2.24, 2.45) is 10.8 Å². The number of fused-ring (bicyclic) bond motifs is 5. The predicted molar refractivity (Wildman–Crippen MR) is 205 cm³/mol. The van der Waals surface area contributed by atoms with Gasteiger partial charge < -0.3 is 39.4 Å². The highest BCUT2D eigenvalue weighted by molar-refractivity contribution is 5.95. The van der Waals surface area contributed by atoms with Crippen molar-refractivity contribution in [3.05, 3.63) is 112 Å². The van der Waals surface area contributed by atoms with Gasteiger partial charge in [0.15, 0.2) is 11.8 Å². The van der Waals surface area contributed by atoms with Gasteiger partial charge in [-0.3, -0.25) is 19.2 Å². The van der Waals surface area contributed by atoms with E-state index in [-0.39, 0.29) is 45.2 Å². The van der Waals surface area contributed by atoms with Crippen LogP contribution in [-0.4, -0.2) is 102 Å². The number of carbonyl (C=O) groups excluding carboxylic acids is 5. The van der Waals surface area contributed by atoms with Crippen LogP contribution in [0.2, 0.25) is 0 Å². The van der Waals surface area contributed by atoms with E-state index in [0.29, 0.717) is 35.1 Å². The number of hydroxylamine groups is 2. The van der Waals surface area contributed by atoms with Crippen LogP contribution in [-0.2, 0) is 73.6 Å². The van der Waals surface area contributed by atoms with Crippen molar-refractivity contribution < 1.29 is 57.6 Å². The number of esters is 3. The van der Waals surface area contributed by atoms with Crippen molar-refractivity contribution in [1.82, 2.24) is 15.7 Å². The lowest BCUT2D eigenvalue weighted by molar-refractivity contribution is -0.217. The molecule has 3 aromatic rings. The number of nitrogens with one attached hydrogen (secondary N) is 2. The molecule has 59 heavy (non-hydrogen) atoms. The molecule has 308 valence electrons. The summed E-state index contributed by atoms with van der Waals surface area (Å²) < 4.78 is 30.2. The van der Waals surface area contributed by atoms with Gasteiger partial charge in [0.2, 0.25) is 12.0 Å². The van der Waals surface area contributed by atoms with Gasteiger partial charge in [-0.25, -0.2) is 9.59 Å². The first-order valence-electron chi connectivity index (χ1n) is 19.8. The summed E-state index contributed by atoms with van der Waals surface area (Å²) in [6.07, 6.45) is -0.224. The molecule has 2 bridgehead atoms. The number of cyclic esters (lactones) is 1. The zero-order chi connectivity index (χ0) is 41.1. The summed E-state index contributed by atoms with van der Waals surface area (Å²) in [5, 5.41) is 16.3. The van der Waals surface area contributed by atoms with Crippen LogP contribution >= 0.6 is 0 Å². The second kappa shape index (κ2) is 15.0. The smallest absolute Gasteiger partial charge is 0.348 e. The fourth-order valence-electron chi connectivity index (χ4n) is 9.43. The van der Waals surface area contributed by atoms with Gasteiger partial charge in [0.05, 0.1) is 13.2 Å². The number of hydrogen-bond donors (Lipinski definition) is 3. The molecule has 4 heterocycles. The average molecular weight is 808 g/mol. The van der Waals surface area contributed by atoms with Crippen LogP contribution in [0.25, 0.3) is 6.08 Å². The Bertz CT molecular complexity index is 2220. The maximum Gasteiger partial charge on any atom is 0.348 e. The molecule has 2 amide bonds. The van der Waals surface area contributed by atoms with Crippen LogP contribution in [0.5, 0.6) is 0 Å². The van der Waals surface area contributed by atoms with Crippen molar-refractivity contribution >= 4 is 35.8 Å². The third-order valence-corrected chi connectivity index (χ3v) is 12.2. The first-order chi connectivity index (χ1) is 28.4. The molecule has 0 aromatic heterocycles. The summed E-state index contributed by atoms with van der Waals surface area (Å²) in [5.41, 5.74) is 2.50. The number of hydrogen-bond acceptors (Lipinski definition) is 13. The Morgan fingerprint density at radius 3 is 2.41 bits per heavy atom. The Kier molecular flexibility index (Phi) is 9.91. The summed E-state index contributed by atoms with van der Waals surface area (Å²) in [4.78, 5) is 73.3. The Labute approximate surface area is 339 Å². The van der Waals surface area contributed by atoms with Crippen molar-refractivity contribution in [2.45, 2.75) is 88.5 Å². The lowest BCUT2D eigenvalue weighted by atomic mass is 9.62. The molecule has 1 spiro atoms. The number of nitrogens with zero attached hydrogens (tertiary/aromatic N) is 1. The van der Waals surface area contributed by atoms with E-state index in [9.17, 15) is 24.0 Å². The predicted octanol–water partition coefficient (Wildman–Crippen LogP) is 2.31. The molecule has 4 aliphatic heterocycles. The summed E-state index contributed by atoms with van der Waals surface area (Å²) in [6.45, 7) is 3.77. The van der Waals surface area contributed by atoms with E-state index in [4.69, 9.17) is 33.6 Å². The molecule has 4 saturated heterocycles. The Hall–Kier alpha value is -5.45. The molecule has 0 unspecified atom stereocenters. The number of rotatable bonds is 11. The van der Waals surface area contributed by atoms with E-state index < -0.39 is 77.0 Å². The van der Waals surface area contributed by atoms with Crippen molar-refractivity contribution in [2.75, 3.05) is 19.8 Å². The molecule has 15 heteroatoms. The Morgan fingerprint density at radius 1 is 0.915 bits per heavy atom. The molecule has 3 N–H and O–H groups in total. The molecular weight excluding hydrogens is 762 g/mol. The second-order valence-electron chi connectivity index (χ2n) is 16.8. The van der Waals surface area contributed by atoms with Crippen molar-refractivity contribution in [1.29, 1.82) is 0 Å². The third-order valence-electron chi connectivity index (χ3n) is 12.2. The summed E-state index contributed by atoms with van der Waals surface area (Å²) in [5.74, 6) is -3.69. The van der Waals surface area contributed by atoms with E-state index in [2.05, 4.69) is 10.6 Å². The van der Waals surface area contributed by atoms with Crippen molar-refractivity contribution in [3.63, 3.8) is 0 Å². The van der Waals surface area contributed by atoms with Crippen LogP contribution in [0.4, 0.5) is 0 Å². The number of aliphatic hydroxyl groups excluding tert-OH is 1. The minimum Gasteiger partial charge on any atom is -0.462 e. The quantitative estimate of drug-likeness (QED) is 0.146. The van der Waals surface area contributed by atoms with Gasteiger partial charge in [-0.1, -0.05) is 74.5 Å². The average Bonchev–Trinajstić information content (AvgIpc) is 3.96. The van der Waals surface area contributed by atoms with E-state index in [1.54, 1.807) is 56.3 Å². The third kappa shape index (κ3) is 7.00. The highest BCUT2D eigenvalue weighted by atomic mass is 16.8. The molecule has 6 aliphatic rings. The number of benzene rings is 3. The number of aliphatic hydroxyl groups is 1.